The van der Waals surface area contributed by atoms with Crippen molar-refractivity contribution in [3.05, 3.63) is 53.6 Å². The SMILES string of the molecule is CC.CC(=O)c1cccc(C(C)(C)NC(=O)Nc2ccc3c(c2)OCCO3)c1. The van der Waals surface area contributed by atoms with E-state index in [1.54, 1.807) is 30.3 Å². The first-order valence-electron chi connectivity index (χ1n) is 9.45. The first-order chi connectivity index (χ1) is 13.3. The highest BCUT2D eigenvalue weighted by molar-refractivity contribution is 5.94. The van der Waals surface area contributed by atoms with Crippen LogP contribution in [0.3, 0.4) is 0 Å². The van der Waals surface area contributed by atoms with Crippen LogP contribution in [0.15, 0.2) is 42.5 Å². The number of fused-ring (bicyclic) bond motifs is 1. The van der Waals surface area contributed by atoms with Gasteiger partial charge in [-0.25, -0.2) is 4.79 Å². The summed E-state index contributed by atoms with van der Waals surface area (Å²) in [6, 6.07) is 12.2. The zero-order chi connectivity index (χ0) is 20.7. The van der Waals surface area contributed by atoms with E-state index >= 15 is 0 Å². The molecule has 2 aromatic carbocycles. The van der Waals surface area contributed by atoms with Gasteiger partial charge in [0, 0.05) is 17.3 Å². The van der Waals surface area contributed by atoms with Gasteiger partial charge in [0.25, 0.3) is 0 Å². The lowest BCUT2D eigenvalue weighted by Gasteiger charge is -2.27. The largest absolute Gasteiger partial charge is 0.486 e. The second-order valence-electron chi connectivity index (χ2n) is 6.70. The van der Waals surface area contributed by atoms with Crippen molar-refractivity contribution < 1.29 is 19.1 Å². The molecule has 2 aromatic rings. The summed E-state index contributed by atoms with van der Waals surface area (Å²) in [7, 11) is 0. The van der Waals surface area contributed by atoms with Gasteiger partial charge in [-0.05, 0) is 44.5 Å². The summed E-state index contributed by atoms with van der Waals surface area (Å²) in [5.41, 5.74) is 1.43. The van der Waals surface area contributed by atoms with Crippen molar-refractivity contribution in [2.75, 3.05) is 18.5 Å². The molecular weight excluding hydrogens is 356 g/mol. The van der Waals surface area contributed by atoms with Gasteiger partial charge in [-0.1, -0.05) is 32.0 Å². The Morgan fingerprint density at radius 2 is 1.64 bits per heavy atom. The van der Waals surface area contributed by atoms with E-state index in [1.807, 2.05) is 39.8 Å². The van der Waals surface area contributed by atoms with E-state index in [0.717, 1.165) is 5.56 Å². The first kappa shape index (κ1) is 21.3. The number of carbonyl (C=O) groups is 2. The summed E-state index contributed by atoms with van der Waals surface area (Å²) in [5.74, 6) is 1.27. The molecule has 2 N–H and O–H groups in total. The van der Waals surface area contributed by atoms with Crippen molar-refractivity contribution >= 4 is 17.5 Å². The van der Waals surface area contributed by atoms with Gasteiger partial charge in [0.15, 0.2) is 17.3 Å². The monoisotopic (exact) mass is 384 g/mol. The zero-order valence-electron chi connectivity index (χ0n) is 17.1. The van der Waals surface area contributed by atoms with Crippen LogP contribution in [0.1, 0.15) is 50.5 Å². The molecule has 0 saturated carbocycles. The van der Waals surface area contributed by atoms with Crippen LogP contribution in [0.5, 0.6) is 11.5 Å². The molecule has 0 atom stereocenters. The van der Waals surface area contributed by atoms with Crippen LogP contribution in [0, 0.1) is 0 Å². The highest BCUT2D eigenvalue weighted by Crippen LogP contribution is 2.32. The molecule has 0 radical (unpaired) electrons. The average Bonchev–Trinajstić information content (AvgIpc) is 2.69. The minimum atomic E-state index is -0.649. The molecule has 6 heteroatoms. The summed E-state index contributed by atoms with van der Waals surface area (Å²) in [4.78, 5) is 24.0. The van der Waals surface area contributed by atoms with Crippen LogP contribution in [0.25, 0.3) is 0 Å². The summed E-state index contributed by atoms with van der Waals surface area (Å²) in [5, 5.41) is 5.74. The smallest absolute Gasteiger partial charge is 0.319 e. The number of Topliss-reactive ketones (excluding diaryl/α,β-unsaturated/α-hetero) is 1. The molecule has 28 heavy (non-hydrogen) atoms. The van der Waals surface area contributed by atoms with Crippen molar-refractivity contribution in [3.8, 4) is 11.5 Å². The summed E-state index contributed by atoms with van der Waals surface area (Å²) in [6.07, 6.45) is 0. The van der Waals surface area contributed by atoms with Gasteiger partial charge in [-0.2, -0.15) is 0 Å². The molecule has 0 saturated heterocycles. The molecule has 6 nitrogen and oxygen atoms in total. The van der Waals surface area contributed by atoms with Gasteiger partial charge in [-0.3, -0.25) is 4.79 Å². The van der Waals surface area contributed by atoms with E-state index in [0.29, 0.717) is 36.0 Å². The van der Waals surface area contributed by atoms with E-state index in [4.69, 9.17) is 9.47 Å². The number of nitrogens with one attached hydrogen (secondary N) is 2. The maximum atomic E-state index is 12.4. The lowest BCUT2D eigenvalue weighted by atomic mass is 9.92. The molecule has 0 aromatic heterocycles. The fourth-order valence-electron chi connectivity index (χ4n) is 2.77. The zero-order valence-corrected chi connectivity index (χ0v) is 17.1. The number of amides is 2. The molecule has 1 aliphatic rings. The minimum Gasteiger partial charge on any atom is -0.486 e. The molecule has 1 heterocycles. The molecule has 0 bridgehead atoms. The topological polar surface area (TPSA) is 76.7 Å². The van der Waals surface area contributed by atoms with E-state index < -0.39 is 5.54 Å². The maximum absolute atomic E-state index is 12.4. The van der Waals surface area contributed by atoms with Crippen LogP contribution in [0.2, 0.25) is 0 Å². The molecular formula is C22H28N2O4. The Kier molecular flexibility index (Phi) is 7.04. The predicted molar refractivity (Wildman–Crippen MR) is 110 cm³/mol. The standard InChI is InChI=1S/C20H22N2O4.C2H6/c1-13(23)14-5-4-6-15(11-14)20(2,3)22-19(24)21-16-7-8-17-18(12-16)26-10-9-25-17;1-2/h4-8,11-12H,9-10H2,1-3H3,(H2,21,22,24);1-2H3. The normalized spacial score (nSPS) is 12.3. The second-order valence-corrected chi connectivity index (χ2v) is 6.70. The third-order valence-electron chi connectivity index (χ3n) is 4.22. The van der Waals surface area contributed by atoms with E-state index in [-0.39, 0.29) is 11.8 Å². The van der Waals surface area contributed by atoms with Gasteiger partial charge >= 0.3 is 6.03 Å². The van der Waals surface area contributed by atoms with Crippen LogP contribution in [-0.4, -0.2) is 25.0 Å². The van der Waals surface area contributed by atoms with Crippen molar-refractivity contribution in [2.45, 2.75) is 40.2 Å². The maximum Gasteiger partial charge on any atom is 0.319 e. The summed E-state index contributed by atoms with van der Waals surface area (Å²) >= 11 is 0. The van der Waals surface area contributed by atoms with Crippen LogP contribution >= 0.6 is 0 Å². The molecule has 2 amide bonds. The summed E-state index contributed by atoms with van der Waals surface area (Å²) < 4.78 is 11.0. The lowest BCUT2D eigenvalue weighted by Crippen LogP contribution is -2.43. The molecule has 3 rings (SSSR count). The average molecular weight is 384 g/mol. The van der Waals surface area contributed by atoms with Gasteiger partial charge in [0.05, 0.1) is 5.54 Å². The van der Waals surface area contributed by atoms with Crippen molar-refractivity contribution in [3.63, 3.8) is 0 Å². The first-order valence-corrected chi connectivity index (χ1v) is 9.45. The predicted octanol–water partition coefficient (Wildman–Crippen LogP) is 4.74. The molecule has 0 aliphatic carbocycles. The second kappa shape index (κ2) is 9.26. The minimum absolute atomic E-state index is 0.0108. The number of ether oxygens (including phenoxy) is 2. The number of hydrogen-bond acceptors (Lipinski definition) is 4. The highest BCUT2D eigenvalue weighted by Gasteiger charge is 2.24. The van der Waals surface area contributed by atoms with Gasteiger partial charge < -0.3 is 20.1 Å². The Morgan fingerprint density at radius 3 is 2.32 bits per heavy atom. The molecule has 0 spiro atoms. The van der Waals surface area contributed by atoms with E-state index in [9.17, 15) is 9.59 Å². The number of benzene rings is 2. The van der Waals surface area contributed by atoms with Crippen molar-refractivity contribution in [2.24, 2.45) is 0 Å². The third-order valence-corrected chi connectivity index (χ3v) is 4.22. The molecule has 0 fully saturated rings. The number of anilines is 1. The summed E-state index contributed by atoms with van der Waals surface area (Å²) in [6.45, 7) is 10.3. The third kappa shape index (κ3) is 5.25. The fourth-order valence-corrected chi connectivity index (χ4v) is 2.77. The Morgan fingerprint density at radius 1 is 0.964 bits per heavy atom. The van der Waals surface area contributed by atoms with Crippen molar-refractivity contribution in [1.29, 1.82) is 0 Å². The molecule has 1 aliphatic heterocycles. The number of ketones is 1. The van der Waals surface area contributed by atoms with Crippen LogP contribution in [-0.2, 0) is 5.54 Å². The lowest BCUT2D eigenvalue weighted by molar-refractivity contribution is 0.101. The van der Waals surface area contributed by atoms with Crippen molar-refractivity contribution in [1.82, 2.24) is 5.32 Å². The number of hydrogen-bond donors (Lipinski definition) is 2. The quantitative estimate of drug-likeness (QED) is 0.746. The molecule has 0 unspecified atom stereocenters. The Bertz CT molecular complexity index is 846. The van der Waals surface area contributed by atoms with Crippen LogP contribution < -0.4 is 20.1 Å². The highest BCUT2D eigenvalue weighted by atomic mass is 16.6. The van der Waals surface area contributed by atoms with Gasteiger partial charge in [-0.15, -0.1) is 0 Å². The van der Waals surface area contributed by atoms with E-state index in [1.165, 1.54) is 6.92 Å². The Hall–Kier alpha value is -3.02. The number of carbonyl (C=O) groups excluding carboxylic acids is 2. The molecule has 150 valence electrons. The van der Waals surface area contributed by atoms with Gasteiger partial charge in [0.2, 0.25) is 0 Å². The fraction of sp³-hybridized carbons (Fsp3) is 0.364. The van der Waals surface area contributed by atoms with Crippen LogP contribution in [0.4, 0.5) is 10.5 Å². The number of rotatable bonds is 4. The number of urea groups is 1. The Balaban J connectivity index is 0.00000136. The Labute approximate surface area is 166 Å². The van der Waals surface area contributed by atoms with Gasteiger partial charge in [0.1, 0.15) is 13.2 Å². The van der Waals surface area contributed by atoms with E-state index in [2.05, 4.69) is 10.6 Å².